The lowest BCUT2D eigenvalue weighted by Crippen LogP contribution is -2.44. The molecule has 0 spiro atoms. The molecule has 1 atom stereocenters. The van der Waals surface area contributed by atoms with E-state index in [1.807, 2.05) is 13.0 Å². The zero-order valence-corrected chi connectivity index (χ0v) is 17.4. The van der Waals surface area contributed by atoms with Gasteiger partial charge in [-0.05, 0) is 62.6 Å². The molecule has 0 radical (unpaired) electrons. The molecule has 3 heterocycles. The van der Waals surface area contributed by atoms with E-state index < -0.39 is 0 Å². The lowest BCUT2D eigenvalue weighted by molar-refractivity contribution is -0.121. The number of hydrogen-bond donors (Lipinski definition) is 1. The molecule has 2 amide bonds. The van der Waals surface area contributed by atoms with Crippen LogP contribution in [0.5, 0.6) is 0 Å². The summed E-state index contributed by atoms with van der Waals surface area (Å²) in [5.74, 6) is -0.0914. The molecular formula is C22H23FN6O2. The SMILES string of the molecule is Cc1ccc(NC(=O)C2CCCN(C(=O)c3nc(C)n(-c4ccc(F)cc4)n3)C2)nc1. The number of likely N-dealkylation sites (tertiary alicyclic amines) is 1. The van der Waals surface area contributed by atoms with E-state index >= 15 is 0 Å². The highest BCUT2D eigenvalue weighted by Crippen LogP contribution is 2.20. The van der Waals surface area contributed by atoms with Crippen molar-refractivity contribution in [2.24, 2.45) is 5.92 Å². The minimum Gasteiger partial charge on any atom is -0.335 e. The van der Waals surface area contributed by atoms with Gasteiger partial charge in [0.25, 0.3) is 5.91 Å². The Bertz CT molecular complexity index is 1090. The van der Waals surface area contributed by atoms with E-state index in [1.165, 1.54) is 16.8 Å². The number of nitrogens with zero attached hydrogens (tertiary/aromatic N) is 5. The van der Waals surface area contributed by atoms with Crippen LogP contribution in [0.25, 0.3) is 5.69 Å². The van der Waals surface area contributed by atoms with Crippen molar-refractivity contribution < 1.29 is 14.0 Å². The molecule has 1 aromatic carbocycles. The summed E-state index contributed by atoms with van der Waals surface area (Å²) in [6.45, 7) is 4.49. The average molecular weight is 422 g/mol. The minimum absolute atomic E-state index is 0.0584. The molecule has 0 aliphatic carbocycles. The second-order valence-electron chi connectivity index (χ2n) is 7.67. The summed E-state index contributed by atoms with van der Waals surface area (Å²) in [6, 6.07) is 9.44. The van der Waals surface area contributed by atoms with Gasteiger partial charge in [0, 0.05) is 19.3 Å². The maximum Gasteiger partial charge on any atom is 0.293 e. The van der Waals surface area contributed by atoms with Gasteiger partial charge < -0.3 is 10.2 Å². The predicted molar refractivity (Wildman–Crippen MR) is 112 cm³/mol. The smallest absolute Gasteiger partial charge is 0.293 e. The molecule has 1 fully saturated rings. The van der Waals surface area contributed by atoms with Crippen molar-refractivity contribution in [3.05, 3.63) is 65.6 Å². The van der Waals surface area contributed by atoms with Gasteiger partial charge >= 0.3 is 0 Å². The molecule has 1 aliphatic heterocycles. The lowest BCUT2D eigenvalue weighted by Gasteiger charge is -2.31. The fourth-order valence-corrected chi connectivity index (χ4v) is 3.59. The number of aryl methyl sites for hydroxylation is 2. The fourth-order valence-electron chi connectivity index (χ4n) is 3.59. The third-order valence-corrected chi connectivity index (χ3v) is 5.27. The summed E-state index contributed by atoms with van der Waals surface area (Å²) in [4.78, 5) is 35.8. The Hall–Kier alpha value is -3.62. The average Bonchev–Trinajstić information content (AvgIpc) is 3.17. The highest BCUT2D eigenvalue weighted by molar-refractivity contribution is 5.94. The van der Waals surface area contributed by atoms with Crippen molar-refractivity contribution in [1.82, 2.24) is 24.6 Å². The molecule has 8 nitrogen and oxygen atoms in total. The summed E-state index contributed by atoms with van der Waals surface area (Å²) in [5, 5.41) is 7.14. The Morgan fingerprint density at radius 3 is 2.61 bits per heavy atom. The van der Waals surface area contributed by atoms with E-state index in [0.717, 1.165) is 5.56 Å². The molecule has 2 aromatic heterocycles. The van der Waals surface area contributed by atoms with E-state index in [4.69, 9.17) is 0 Å². The maximum absolute atomic E-state index is 13.2. The predicted octanol–water partition coefficient (Wildman–Crippen LogP) is 2.91. The van der Waals surface area contributed by atoms with E-state index in [-0.39, 0.29) is 29.4 Å². The van der Waals surface area contributed by atoms with Gasteiger partial charge in [-0.25, -0.2) is 19.0 Å². The number of hydrogen-bond acceptors (Lipinski definition) is 5. The van der Waals surface area contributed by atoms with Crippen LogP contribution in [0.15, 0.2) is 42.6 Å². The van der Waals surface area contributed by atoms with Crippen molar-refractivity contribution in [1.29, 1.82) is 0 Å². The van der Waals surface area contributed by atoms with Crippen molar-refractivity contribution in [3.8, 4) is 5.69 Å². The maximum atomic E-state index is 13.2. The normalized spacial score (nSPS) is 16.2. The van der Waals surface area contributed by atoms with Gasteiger partial charge in [0.15, 0.2) is 0 Å². The van der Waals surface area contributed by atoms with Gasteiger partial charge in [0.1, 0.15) is 17.5 Å². The van der Waals surface area contributed by atoms with Crippen LogP contribution < -0.4 is 5.32 Å². The van der Waals surface area contributed by atoms with E-state index in [9.17, 15) is 14.0 Å². The highest BCUT2D eigenvalue weighted by atomic mass is 19.1. The second-order valence-corrected chi connectivity index (χ2v) is 7.67. The first-order valence-electron chi connectivity index (χ1n) is 10.1. The largest absolute Gasteiger partial charge is 0.335 e. The number of halogens is 1. The molecule has 0 saturated carbocycles. The number of carbonyl (C=O) groups is 2. The van der Waals surface area contributed by atoms with Crippen LogP contribution in [0.3, 0.4) is 0 Å². The molecule has 4 rings (SSSR count). The molecule has 1 N–H and O–H groups in total. The quantitative estimate of drug-likeness (QED) is 0.698. The van der Waals surface area contributed by atoms with Crippen molar-refractivity contribution in [2.75, 3.05) is 18.4 Å². The summed E-state index contributed by atoms with van der Waals surface area (Å²) < 4.78 is 14.7. The number of benzene rings is 1. The molecule has 1 aliphatic rings. The number of rotatable bonds is 4. The molecule has 31 heavy (non-hydrogen) atoms. The number of aromatic nitrogens is 4. The fraction of sp³-hybridized carbons (Fsp3) is 0.318. The molecule has 3 aromatic rings. The summed E-state index contributed by atoms with van der Waals surface area (Å²) in [6.07, 6.45) is 3.10. The molecule has 9 heteroatoms. The number of carbonyl (C=O) groups excluding carboxylic acids is 2. The molecule has 160 valence electrons. The van der Waals surface area contributed by atoms with Gasteiger partial charge in [-0.15, -0.1) is 5.10 Å². The van der Waals surface area contributed by atoms with Crippen molar-refractivity contribution in [2.45, 2.75) is 26.7 Å². The Balaban J connectivity index is 1.45. The molecule has 1 saturated heterocycles. The Labute approximate surface area is 179 Å². The van der Waals surface area contributed by atoms with Crippen LogP contribution in [-0.2, 0) is 4.79 Å². The minimum atomic E-state index is -0.351. The van der Waals surface area contributed by atoms with Crippen LogP contribution in [-0.4, -0.2) is 49.6 Å². The lowest BCUT2D eigenvalue weighted by atomic mass is 9.97. The first kappa shape index (κ1) is 20.6. The van der Waals surface area contributed by atoms with E-state index in [0.29, 0.717) is 43.3 Å². The highest BCUT2D eigenvalue weighted by Gasteiger charge is 2.31. The number of anilines is 1. The topological polar surface area (TPSA) is 93.0 Å². The van der Waals surface area contributed by atoms with Gasteiger partial charge in [-0.3, -0.25) is 9.59 Å². The number of amides is 2. The zero-order valence-electron chi connectivity index (χ0n) is 17.4. The van der Waals surface area contributed by atoms with Gasteiger partial charge in [-0.1, -0.05) is 6.07 Å². The van der Waals surface area contributed by atoms with Gasteiger partial charge in [0.05, 0.1) is 11.6 Å². The molecular weight excluding hydrogens is 399 g/mol. The zero-order chi connectivity index (χ0) is 22.0. The molecule has 1 unspecified atom stereocenters. The monoisotopic (exact) mass is 422 g/mol. The second kappa shape index (κ2) is 8.63. The van der Waals surface area contributed by atoms with Crippen LogP contribution in [0.2, 0.25) is 0 Å². The van der Waals surface area contributed by atoms with E-state index in [2.05, 4.69) is 20.4 Å². The standard InChI is InChI=1S/C22H23FN6O2/c1-14-5-10-19(24-12-14)26-21(30)16-4-3-11-28(13-16)22(31)20-25-15(2)29(27-20)18-8-6-17(23)7-9-18/h5-10,12,16H,3-4,11,13H2,1-2H3,(H,24,26,30). The Morgan fingerprint density at radius 2 is 1.90 bits per heavy atom. The summed E-state index contributed by atoms with van der Waals surface area (Å²) in [5.41, 5.74) is 1.63. The van der Waals surface area contributed by atoms with E-state index in [1.54, 1.807) is 36.2 Å². The third-order valence-electron chi connectivity index (χ3n) is 5.27. The summed E-state index contributed by atoms with van der Waals surface area (Å²) >= 11 is 0. The Kier molecular flexibility index (Phi) is 5.75. The van der Waals surface area contributed by atoms with Gasteiger partial charge in [-0.2, -0.15) is 0 Å². The van der Waals surface area contributed by atoms with Crippen LogP contribution in [0, 0.1) is 25.6 Å². The first-order valence-corrected chi connectivity index (χ1v) is 10.1. The van der Waals surface area contributed by atoms with Crippen LogP contribution >= 0.6 is 0 Å². The third kappa shape index (κ3) is 4.60. The number of pyridine rings is 1. The number of nitrogens with one attached hydrogen (secondary N) is 1. The Morgan fingerprint density at radius 1 is 1.13 bits per heavy atom. The van der Waals surface area contributed by atoms with Gasteiger partial charge in [0.2, 0.25) is 11.7 Å². The van der Waals surface area contributed by atoms with Crippen LogP contribution in [0.4, 0.5) is 10.2 Å². The number of piperidine rings is 1. The van der Waals surface area contributed by atoms with Crippen molar-refractivity contribution in [3.63, 3.8) is 0 Å². The van der Waals surface area contributed by atoms with Crippen LogP contribution in [0.1, 0.15) is 34.8 Å². The first-order chi connectivity index (χ1) is 14.9. The molecule has 0 bridgehead atoms. The van der Waals surface area contributed by atoms with Crippen molar-refractivity contribution >= 4 is 17.6 Å². The summed E-state index contributed by atoms with van der Waals surface area (Å²) in [7, 11) is 0.